The molecule has 0 radical (unpaired) electrons. The van der Waals surface area contributed by atoms with Crippen LogP contribution in [0.5, 0.6) is 0 Å². The summed E-state index contributed by atoms with van der Waals surface area (Å²) in [7, 11) is 1.98. The lowest BCUT2D eigenvalue weighted by Gasteiger charge is -2.31. The van der Waals surface area contributed by atoms with Crippen LogP contribution in [0.15, 0.2) is 30.3 Å². The average molecular weight is 293 g/mol. The fourth-order valence-corrected chi connectivity index (χ4v) is 2.81. The minimum absolute atomic E-state index is 0.0805. The van der Waals surface area contributed by atoms with Gasteiger partial charge in [-0.25, -0.2) is 0 Å². The number of hydrogen-bond acceptors (Lipinski definition) is 2. The Morgan fingerprint density at radius 1 is 1.35 bits per heavy atom. The lowest BCUT2D eigenvalue weighted by atomic mass is 10.0. The fourth-order valence-electron chi connectivity index (χ4n) is 2.52. The Morgan fingerprint density at radius 2 is 2.00 bits per heavy atom. The van der Waals surface area contributed by atoms with Gasteiger partial charge in [-0.15, -0.1) is 0 Å². The molecule has 108 valence electrons. The molecule has 0 spiro atoms. The van der Waals surface area contributed by atoms with Crippen LogP contribution >= 0.6 is 11.6 Å². The number of halogens is 1. The Labute approximate surface area is 125 Å². The highest BCUT2D eigenvalue weighted by Gasteiger charge is 2.20. The van der Waals surface area contributed by atoms with E-state index >= 15 is 0 Å². The number of rotatable bonds is 3. The molecule has 1 N–H and O–H groups in total. The Bertz CT molecular complexity index is 505. The second kappa shape index (κ2) is 6.91. The number of nitrogens with zero attached hydrogens (tertiary/aromatic N) is 1. The zero-order valence-corrected chi connectivity index (χ0v) is 12.8. The summed E-state index contributed by atoms with van der Waals surface area (Å²) >= 11 is 6.15. The predicted octanol–water partition coefficient (Wildman–Crippen LogP) is 2.95. The van der Waals surface area contributed by atoms with E-state index in [1.807, 2.05) is 43.1 Å². The van der Waals surface area contributed by atoms with Crippen LogP contribution in [-0.4, -0.2) is 37.0 Å². The van der Waals surface area contributed by atoms with E-state index in [0.717, 1.165) is 37.1 Å². The van der Waals surface area contributed by atoms with Crippen molar-refractivity contribution in [3.05, 3.63) is 40.9 Å². The maximum atomic E-state index is 12.3. The van der Waals surface area contributed by atoms with Crippen LogP contribution in [0, 0.1) is 0 Å². The molecule has 1 aliphatic heterocycles. The number of carbonyl (C=O) groups is 1. The first-order valence-corrected chi connectivity index (χ1v) is 7.39. The molecular formula is C16H21ClN2O. The van der Waals surface area contributed by atoms with Crippen molar-refractivity contribution < 1.29 is 4.79 Å². The van der Waals surface area contributed by atoms with Gasteiger partial charge < -0.3 is 10.2 Å². The van der Waals surface area contributed by atoms with Crippen LogP contribution in [0.2, 0.25) is 5.02 Å². The zero-order valence-electron chi connectivity index (χ0n) is 12.0. The second-order valence-electron chi connectivity index (χ2n) is 5.20. The first kappa shape index (κ1) is 15.1. The van der Waals surface area contributed by atoms with Gasteiger partial charge in [0.15, 0.2) is 0 Å². The van der Waals surface area contributed by atoms with Crippen molar-refractivity contribution in [2.24, 2.45) is 0 Å². The highest BCUT2D eigenvalue weighted by atomic mass is 35.5. The smallest absolute Gasteiger partial charge is 0.246 e. The van der Waals surface area contributed by atoms with E-state index in [0.29, 0.717) is 11.1 Å². The summed E-state index contributed by atoms with van der Waals surface area (Å²) in [6, 6.07) is 8.14. The predicted molar refractivity (Wildman–Crippen MR) is 83.8 cm³/mol. The third kappa shape index (κ3) is 3.62. The molecule has 4 heteroatoms. The van der Waals surface area contributed by atoms with Gasteiger partial charge in [0.05, 0.1) is 0 Å². The Morgan fingerprint density at radius 3 is 2.60 bits per heavy atom. The molecule has 0 unspecified atom stereocenters. The Balaban J connectivity index is 2.04. The maximum absolute atomic E-state index is 12.3. The van der Waals surface area contributed by atoms with Crippen molar-refractivity contribution >= 4 is 23.1 Å². The first-order valence-electron chi connectivity index (χ1n) is 7.01. The summed E-state index contributed by atoms with van der Waals surface area (Å²) in [4.78, 5) is 14.2. The molecule has 0 atom stereocenters. The summed E-state index contributed by atoms with van der Waals surface area (Å²) in [6.07, 6.45) is 3.73. The summed E-state index contributed by atoms with van der Waals surface area (Å²) in [5.74, 6) is 0.0805. The molecule has 20 heavy (non-hydrogen) atoms. The van der Waals surface area contributed by atoms with E-state index in [-0.39, 0.29) is 5.91 Å². The maximum Gasteiger partial charge on any atom is 0.246 e. The van der Waals surface area contributed by atoms with Gasteiger partial charge >= 0.3 is 0 Å². The minimum atomic E-state index is 0.0805. The number of carbonyl (C=O) groups excluding carboxylic acids is 1. The van der Waals surface area contributed by atoms with Gasteiger partial charge in [0, 0.05) is 30.2 Å². The van der Waals surface area contributed by atoms with Gasteiger partial charge in [0.25, 0.3) is 0 Å². The summed E-state index contributed by atoms with van der Waals surface area (Å²) < 4.78 is 0. The topological polar surface area (TPSA) is 32.3 Å². The van der Waals surface area contributed by atoms with Crippen LogP contribution in [0.4, 0.5) is 0 Å². The molecule has 0 aromatic heterocycles. The first-order chi connectivity index (χ1) is 9.61. The van der Waals surface area contributed by atoms with Crippen molar-refractivity contribution in [1.29, 1.82) is 0 Å². The summed E-state index contributed by atoms with van der Waals surface area (Å²) in [6.45, 7) is 3.56. The highest BCUT2D eigenvalue weighted by molar-refractivity contribution is 6.32. The van der Waals surface area contributed by atoms with Gasteiger partial charge in [0.2, 0.25) is 5.91 Å². The van der Waals surface area contributed by atoms with Crippen LogP contribution < -0.4 is 5.32 Å². The molecule has 3 nitrogen and oxygen atoms in total. The number of allylic oxidation sites excluding steroid dienone is 1. The lowest BCUT2D eigenvalue weighted by Crippen LogP contribution is -2.43. The van der Waals surface area contributed by atoms with Crippen LogP contribution in [-0.2, 0) is 4.79 Å². The number of hydrogen-bond donors (Lipinski definition) is 1. The molecule has 1 aromatic rings. The normalized spacial score (nSPS) is 17.4. The molecular weight excluding hydrogens is 272 g/mol. The van der Waals surface area contributed by atoms with Gasteiger partial charge in [0.1, 0.15) is 0 Å². The van der Waals surface area contributed by atoms with E-state index < -0.39 is 0 Å². The van der Waals surface area contributed by atoms with Gasteiger partial charge in [-0.05, 0) is 44.0 Å². The van der Waals surface area contributed by atoms with Crippen LogP contribution in [0.3, 0.4) is 0 Å². The number of amides is 1. The highest BCUT2D eigenvalue weighted by Crippen LogP contribution is 2.23. The molecule has 0 bridgehead atoms. The molecule has 1 aliphatic rings. The van der Waals surface area contributed by atoms with Crippen molar-refractivity contribution in [2.45, 2.75) is 25.8 Å². The molecule has 0 aliphatic carbocycles. The Hall–Kier alpha value is -1.32. The lowest BCUT2D eigenvalue weighted by molar-refractivity contribution is -0.127. The standard InChI is InChI=1S/C16H21ClN2O/c1-12(14-5-3-4-6-15(14)17)11-16(20)19-9-7-13(18-2)8-10-19/h3-6,11,13,18H,7-10H2,1-2H3. The van der Waals surface area contributed by atoms with Crippen molar-refractivity contribution in [3.63, 3.8) is 0 Å². The summed E-state index contributed by atoms with van der Waals surface area (Å²) in [5, 5.41) is 3.95. The molecule has 1 heterocycles. The van der Waals surface area contributed by atoms with Gasteiger partial charge in [-0.1, -0.05) is 29.8 Å². The van der Waals surface area contributed by atoms with E-state index in [2.05, 4.69) is 5.32 Å². The van der Waals surface area contributed by atoms with E-state index in [9.17, 15) is 4.79 Å². The molecule has 1 amide bonds. The largest absolute Gasteiger partial charge is 0.339 e. The number of nitrogens with one attached hydrogen (secondary N) is 1. The zero-order chi connectivity index (χ0) is 14.5. The molecule has 0 saturated carbocycles. The summed E-state index contributed by atoms with van der Waals surface area (Å²) in [5.41, 5.74) is 1.84. The van der Waals surface area contributed by atoms with Crippen molar-refractivity contribution in [1.82, 2.24) is 10.2 Å². The number of benzene rings is 1. The van der Waals surface area contributed by atoms with Gasteiger partial charge in [-0.2, -0.15) is 0 Å². The average Bonchev–Trinajstić information content (AvgIpc) is 2.47. The quantitative estimate of drug-likeness (QED) is 0.869. The third-order valence-electron chi connectivity index (χ3n) is 3.85. The fraction of sp³-hybridized carbons (Fsp3) is 0.438. The Kier molecular flexibility index (Phi) is 5.21. The van der Waals surface area contributed by atoms with Crippen LogP contribution in [0.25, 0.3) is 5.57 Å². The molecule has 1 aromatic carbocycles. The second-order valence-corrected chi connectivity index (χ2v) is 5.60. The third-order valence-corrected chi connectivity index (χ3v) is 4.18. The monoisotopic (exact) mass is 292 g/mol. The van der Waals surface area contributed by atoms with E-state index in [1.54, 1.807) is 6.08 Å². The number of likely N-dealkylation sites (tertiary alicyclic amines) is 1. The van der Waals surface area contributed by atoms with E-state index in [1.165, 1.54) is 0 Å². The molecule has 2 rings (SSSR count). The SMILES string of the molecule is CNC1CCN(C(=O)C=C(C)c2ccccc2Cl)CC1. The van der Waals surface area contributed by atoms with Crippen molar-refractivity contribution in [2.75, 3.05) is 20.1 Å². The molecule has 1 saturated heterocycles. The van der Waals surface area contributed by atoms with Crippen molar-refractivity contribution in [3.8, 4) is 0 Å². The van der Waals surface area contributed by atoms with E-state index in [4.69, 9.17) is 11.6 Å². The number of piperidine rings is 1. The minimum Gasteiger partial charge on any atom is -0.339 e. The van der Waals surface area contributed by atoms with Gasteiger partial charge in [-0.3, -0.25) is 4.79 Å². The molecule has 1 fully saturated rings. The van der Waals surface area contributed by atoms with Crippen LogP contribution in [0.1, 0.15) is 25.3 Å².